The van der Waals surface area contributed by atoms with E-state index in [0.29, 0.717) is 11.2 Å². The van der Waals surface area contributed by atoms with Crippen LogP contribution in [0, 0.1) is 12.8 Å². The number of hydrogen-bond acceptors (Lipinski definition) is 1. The zero-order valence-electron chi connectivity index (χ0n) is 10.1. The molecule has 1 amide bonds. The lowest BCUT2D eigenvalue weighted by molar-refractivity contribution is -0.120. The fourth-order valence-corrected chi connectivity index (χ4v) is 2.48. The van der Waals surface area contributed by atoms with E-state index in [9.17, 15) is 4.79 Å². The van der Waals surface area contributed by atoms with E-state index in [1.807, 2.05) is 24.3 Å². The highest BCUT2D eigenvalue weighted by Crippen LogP contribution is 2.36. The van der Waals surface area contributed by atoms with Gasteiger partial charge in [0.15, 0.2) is 0 Å². The smallest absolute Gasteiger partial charge is 0.224 e. The van der Waals surface area contributed by atoms with Crippen molar-refractivity contribution in [1.82, 2.24) is 5.32 Å². The molecule has 1 atom stereocenters. The Kier molecular flexibility index (Phi) is 4.21. The predicted octanol–water partition coefficient (Wildman–Crippen LogP) is 2.83. The van der Waals surface area contributed by atoms with Gasteiger partial charge in [-0.05, 0) is 31.2 Å². The molecule has 2 nitrogen and oxygen atoms in total. The lowest BCUT2D eigenvalue weighted by Gasteiger charge is -2.10. The standard InChI is InChI=1S/C14H18BrNO/c1-10-2-4-11(5-3-10)8-14(17)16-9-13(15)12-6-7-12/h2-5,12-13H,6-9H2,1H3,(H,16,17). The van der Waals surface area contributed by atoms with Gasteiger partial charge in [0.25, 0.3) is 0 Å². The van der Waals surface area contributed by atoms with Gasteiger partial charge in [-0.25, -0.2) is 0 Å². The summed E-state index contributed by atoms with van der Waals surface area (Å²) >= 11 is 3.61. The van der Waals surface area contributed by atoms with Gasteiger partial charge < -0.3 is 5.32 Å². The summed E-state index contributed by atoms with van der Waals surface area (Å²) in [4.78, 5) is 12.2. The molecule has 0 radical (unpaired) electrons. The molecule has 1 N–H and O–H groups in total. The highest BCUT2D eigenvalue weighted by atomic mass is 79.9. The van der Waals surface area contributed by atoms with Crippen LogP contribution >= 0.6 is 15.9 Å². The Labute approximate surface area is 111 Å². The Bertz CT molecular complexity index is 384. The molecule has 0 aromatic heterocycles. The maximum absolute atomic E-state index is 11.7. The lowest BCUT2D eigenvalue weighted by Crippen LogP contribution is -2.31. The van der Waals surface area contributed by atoms with Crippen molar-refractivity contribution in [2.45, 2.75) is 31.0 Å². The molecular weight excluding hydrogens is 278 g/mol. The molecule has 0 heterocycles. The second-order valence-corrected chi connectivity index (χ2v) is 6.00. The molecule has 1 aliphatic carbocycles. The molecule has 2 rings (SSSR count). The van der Waals surface area contributed by atoms with E-state index < -0.39 is 0 Å². The van der Waals surface area contributed by atoms with Crippen LogP contribution in [0.25, 0.3) is 0 Å². The van der Waals surface area contributed by atoms with Crippen LogP contribution in [0.5, 0.6) is 0 Å². The van der Waals surface area contributed by atoms with Gasteiger partial charge in [-0.2, -0.15) is 0 Å². The van der Waals surface area contributed by atoms with Crippen LogP contribution in [0.4, 0.5) is 0 Å². The first-order valence-corrected chi connectivity index (χ1v) is 7.03. The van der Waals surface area contributed by atoms with E-state index in [2.05, 4.69) is 28.2 Å². The normalized spacial score (nSPS) is 16.6. The third-order valence-corrected chi connectivity index (χ3v) is 4.18. The minimum Gasteiger partial charge on any atom is -0.355 e. The zero-order chi connectivity index (χ0) is 12.3. The molecule has 3 heteroatoms. The summed E-state index contributed by atoms with van der Waals surface area (Å²) in [6.45, 7) is 2.80. The summed E-state index contributed by atoms with van der Waals surface area (Å²) in [5.41, 5.74) is 2.30. The maximum Gasteiger partial charge on any atom is 0.224 e. The first-order valence-electron chi connectivity index (χ1n) is 6.11. The van der Waals surface area contributed by atoms with Gasteiger partial charge in [-0.15, -0.1) is 0 Å². The number of aryl methyl sites for hydroxylation is 1. The number of nitrogens with one attached hydrogen (secondary N) is 1. The Hall–Kier alpha value is -0.830. The van der Waals surface area contributed by atoms with Crippen LogP contribution in [0.3, 0.4) is 0 Å². The number of alkyl halides is 1. The molecule has 1 aromatic carbocycles. The van der Waals surface area contributed by atoms with Gasteiger partial charge in [0.05, 0.1) is 6.42 Å². The predicted molar refractivity (Wildman–Crippen MR) is 73.3 cm³/mol. The second-order valence-electron chi connectivity index (χ2n) is 4.82. The van der Waals surface area contributed by atoms with Gasteiger partial charge >= 0.3 is 0 Å². The summed E-state index contributed by atoms with van der Waals surface area (Å²) in [6, 6.07) is 8.11. The highest BCUT2D eigenvalue weighted by molar-refractivity contribution is 9.09. The zero-order valence-corrected chi connectivity index (χ0v) is 11.7. The van der Waals surface area contributed by atoms with Crippen LogP contribution < -0.4 is 5.32 Å². The Morgan fingerprint density at radius 1 is 1.41 bits per heavy atom. The van der Waals surface area contributed by atoms with Gasteiger partial charge in [0, 0.05) is 11.4 Å². The third kappa shape index (κ3) is 4.15. The van der Waals surface area contributed by atoms with E-state index in [0.717, 1.165) is 18.0 Å². The van der Waals surface area contributed by atoms with Crippen molar-refractivity contribution in [2.75, 3.05) is 6.54 Å². The molecule has 1 saturated carbocycles. The fourth-order valence-electron chi connectivity index (χ4n) is 1.79. The van der Waals surface area contributed by atoms with Crippen molar-refractivity contribution in [3.63, 3.8) is 0 Å². The minimum absolute atomic E-state index is 0.110. The Balaban J connectivity index is 1.74. The summed E-state index contributed by atoms with van der Waals surface area (Å²) in [5.74, 6) is 0.883. The van der Waals surface area contributed by atoms with Gasteiger partial charge in [0.1, 0.15) is 0 Å². The van der Waals surface area contributed by atoms with Gasteiger partial charge in [0.2, 0.25) is 5.91 Å². The number of carbonyl (C=O) groups excluding carboxylic acids is 1. The van der Waals surface area contributed by atoms with E-state index >= 15 is 0 Å². The first kappa shape index (κ1) is 12.6. The van der Waals surface area contributed by atoms with Crippen LogP contribution in [-0.4, -0.2) is 17.3 Å². The molecule has 0 spiro atoms. The van der Waals surface area contributed by atoms with Gasteiger partial charge in [-0.1, -0.05) is 45.8 Å². The van der Waals surface area contributed by atoms with Crippen molar-refractivity contribution < 1.29 is 4.79 Å². The average molecular weight is 296 g/mol. The molecule has 0 saturated heterocycles. The van der Waals surface area contributed by atoms with Crippen molar-refractivity contribution in [1.29, 1.82) is 0 Å². The van der Waals surface area contributed by atoms with E-state index in [1.165, 1.54) is 18.4 Å². The molecular formula is C14H18BrNO. The van der Waals surface area contributed by atoms with Crippen LogP contribution in [0.15, 0.2) is 24.3 Å². The minimum atomic E-state index is 0.110. The van der Waals surface area contributed by atoms with E-state index in [-0.39, 0.29) is 5.91 Å². The van der Waals surface area contributed by atoms with E-state index in [1.54, 1.807) is 0 Å². The number of amides is 1. The summed E-state index contributed by atoms with van der Waals surface area (Å²) in [6.07, 6.45) is 3.07. The largest absolute Gasteiger partial charge is 0.355 e. The summed E-state index contributed by atoms with van der Waals surface area (Å²) in [7, 11) is 0. The molecule has 0 aliphatic heterocycles. The van der Waals surface area contributed by atoms with Crippen molar-refractivity contribution in [2.24, 2.45) is 5.92 Å². The van der Waals surface area contributed by atoms with E-state index in [4.69, 9.17) is 0 Å². The van der Waals surface area contributed by atoms with Crippen molar-refractivity contribution in [3.8, 4) is 0 Å². The van der Waals surface area contributed by atoms with Crippen LogP contribution in [-0.2, 0) is 11.2 Å². The quantitative estimate of drug-likeness (QED) is 0.832. The Morgan fingerprint density at radius 3 is 2.65 bits per heavy atom. The monoisotopic (exact) mass is 295 g/mol. The summed E-state index contributed by atoms with van der Waals surface area (Å²) < 4.78 is 0. The number of benzene rings is 1. The summed E-state index contributed by atoms with van der Waals surface area (Å²) in [5, 5.41) is 2.98. The van der Waals surface area contributed by atoms with Crippen LogP contribution in [0.1, 0.15) is 24.0 Å². The molecule has 17 heavy (non-hydrogen) atoms. The topological polar surface area (TPSA) is 29.1 Å². The number of halogens is 1. The van der Waals surface area contributed by atoms with Gasteiger partial charge in [-0.3, -0.25) is 4.79 Å². The maximum atomic E-state index is 11.7. The van der Waals surface area contributed by atoms with Crippen molar-refractivity contribution in [3.05, 3.63) is 35.4 Å². The number of hydrogen-bond donors (Lipinski definition) is 1. The number of rotatable bonds is 5. The SMILES string of the molecule is Cc1ccc(CC(=O)NCC(Br)C2CC2)cc1. The molecule has 0 bridgehead atoms. The molecule has 1 aliphatic rings. The Morgan fingerprint density at radius 2 is 2.06 bits per heavy atom. The third-order valence-electron chi connectivity index (χ3n) is 3.11. The molecule has 1 unspecified atom stereocenters. The molecule has 1 aromatic rings. The first-order chi connectivity index (χ1) is 8.15. The fraction of sp³-hybridized carbons (Fsp3) is 0.500. The second kappa shape index (κ2) is 5.67. The average Bonchev–Trinajstić information content (AvgIpc) is 3.13. The highest BCUT2D eigenvalue weighted by Gasteiger charge is 2.29. The van der Waals surface area contributed by atoms with Crippen molar-refractivity contribution >= 4 is 21.8 Å². The number of carbonyl (C=O) groups is 1. The van der Waals surface area contributed by atoms with Crippen LogP contribution in [0.2, 0.25) is 0 Å². The molecule has 92 valence electrons. The molecule has 1 fully saturated rings. The lowest BCUT2D eigenvalue weighted by atomic mass is 10.1.